The molecule has 2 aliphatic heterocycles. The summed E-state index contributed by atoms with van der Waals surface area (Å²) in [4.78, 5) is 15.8. The first-order chi connectivity index (χ1) is 7.66. The number of nitrogens with zero attached hydrogens (tertiary/aromatic N) is 2. The fraction of sp³-hybridized carbons (Fsp3) is 0.917. The lowest BCUT2D eigenvalue weighted by atomic mass is 9.94. The summed E-state index contributed by atoms with van der Waals surface area (Å²) >= 11 is 0. The quantitative estimate of drug-likeness (QED) is 0.618. The molecule has 0 saturated carbocycles. The van der Waals surface area contributed by atoms with Crippen LogP contribution >= 0.6 is 0 Å². The van der Waals surface area contributed by atoms with E-state index in [0.29, 0.717) is 6.04 Å². The maximum atomic E-state index is 11.0. The number of hydrogen-bond acceptors (Lipinski definition) is 3. The number of rotatable bonds is 2. The van der Waals surface area contributed by atoms with Crippen molar-refractivity contribution in [1.29, 1.82) is 0 Å². The lowest BCUT2D eigenvalue weighted by Crippen LogP contribution is -3.00. The van der Waals surface area contributed by atoms with Crippen LogP contribution in [0.25, 0.3) is 0 Å². The molecule has 2 rings (SSSR count). The Morgan fingerprint density at radius 2 is 1.82 bits per heavy atom. The van der Waals surface area contributed by atoms with Crippen molar-refractivity contribution in [3.8, 4) is 0 Å². The number of likely N-dealkylation sites (tertiary alicyclic amines) is 2. The second kappa shape index (κ2) is 6.57. The Morgan fingerprint density at radius 3 is 2.41 bits per heavy atom. The van der Waals surface area contributed by atoms with E-state index in [1.54, 1.807) is 0 Å². The smallest absolute Gasteiger partial charge is 0.307 e. The highest BCUT2D eigenvalue weighted by Crippen LogP contribution is 2.23. The van der Waals surface area contributed by atoms with E-state index in [9.17, 15) is 4.79 Å². The van der Waals surface area contributed by atoms with Crippen LogP contribution in [0, 0.1) is 5.92 Å². The fourth-order valence-corrected chi connectivity index (χ4v) is 2.90. The predicted octanol–water partition coefficient (Wildman–Crippen LogP) is -2.12. The fourth-order valence-electron chi connectivity index (χ4n) is 2.90. The number of halogens is 1. The molecule has 100 valence electrons. The highest BCUT2D eigenvalue weighted by atomic mass is 35.5. The summed E-state index contributed by atoms with van der Waals surface area (Å²) in [5, 5.41) is 9.06. The number of hydrogen-bond donors (Lipinski definition) is 1. The molecule has 0 aliphatic carbocycles. The predicted molar refractivity (Wildman–Crippen MR) is 62.5 cm³/mol. The summed E-state index contributed by atoms with van der Waals surface area (Å²) in [6.07, 6.45) is 4.30. The molecule has 2 fully saturated rings. The average Bonchev–Trinajstić information content (AvgIpc) is 2.30. The topological polar surface area (TPSA) is 43.8 Å². The van der Waals surface area contributed by atoms with Gasteiger partial charge < -0.3 is 22.4 Å². The molecule has 0 radical (unpaired) electrons. The van der Waals surface area contributed by atoms with E-state index < -0.39 is 5.97 Å². The summed E-state index contributed by atoms with van der Waals surface area (Å²) < 4.78 is 0. The first-order valence-electron chi connectivity index (χ1n) is 6.32. The van der Waals surface area contributed by atoms with Crippen LogP contribution in [0.15, 0.2) is 0 Å². The molecule has 1 atom stereocenters. The second-order valence-electron chi connectivity index (χ2n) is 5.21. The van der Waals surface area contributed by atoms with Gasteiger partial charge in [0.1, 0.15) is 0 Å². The van der Waals surface area contributed by atoms with Gasteiger partial charge in [0.2, 0.25) is 0 Å². The Balaban J connectivity index is 0.00000144. The maximum absolute atomic E-state index is 11.0. The van der Waals surface area contributed by atoms with Crippen LogP contribution in [-0.2, 0) is 4.79 Å². The van der Waals surface area contributed by atoms with Gasteiger partial charge in [-0.2, -0.15) is 0 Å². The molecule has 4 nitrogen and oxygen atoms in total. The van der Waals surface area contributed by atoms with Gasteiger partial charge >= 0.3 is 5.97 Å². The molecule has 0 aromatic carbocycles. The van der Waals surface area contributed by atoms with Crippen molar-refractivity contribution in [2.45, 2.75) is 31.7 Å². The normalized spacial score (nSPS) is 28.6. The third-order valence-electron chi connectivity index (χ3n) is 4.01. The lowest BCUT2D eigenvalue weighted by molar-refractivity contribution is -0.144. The Morgan fingerprint density at radius 1 is 1.18 bits per heavy atom. The van der Waals surface area contributed by atoms with Crippen molar-refractivity contribution in [2.75, 3.05) is 33.2 Å². The highest BCUT2D eigenvalue weighted by Gasteiger charge is 2.30. The Hall–Kier alpha value is -0.320. The van der Waals surface area contributed by atoms with E-state index in [-0.39, 0.29) is 18.3 Å². The molecule has 0 bridgehead atoms. The van der Waals surface area contributed by atoms with Crippen LogP contribution in [0.1, 0.15) is 25.7 Å². The third kappa shape index (κ3) is 3.83. The van der Waals surface area contributed by atoms with Crippen LogP contribution in [0.4, 0.5) is 0 Å². The lowest BCUT2D eigenvalue weighted by Gasteiger charge is -2.40. The average molecular weight is 262 g/mol. The minimum absolute atomic E-state index is 0. The first kappa shape index (κ1) is 14.7. The second-order valence-corrected chi connectivity index (χ2v) is 5.21. The Kier molecular flexibility index (Phi) is 5.70. The van der Waals surface area contributed by atoms with Gasteiger partial charge in [-0.3, -0.25) is 9.69 Å². The summed E-state index contributed by atoms with van der Waals surface area (Å²) in [6.45, 7) is 4.17. The summed E-state index contributed by atoms with van der Waals surface area (Å²) in [6, 6.07) is 0.623. The number of carboxylic acids is 1. The molecule has 1 N–H and O–H groups in total. The van der Waals surface area contributed by atoms with Gasteiger partial charge in [-0.15, -0.1) is 0 Å². The largest absolute Gasteiger partial charge is 1.00 e. The number of aliphatic carboxylic acids is 1. The van der Waals surface area contributed by atoms with Crippen molar-refractivity contribution in [1.82, 2.24) is 9.80 Å². The van der Waals surface area contributed by atoms with E-state index in [0.717, 1.165) is 39.0 Å². The van der Waals surface area contributed by atoms with Gasteiger partial charge in [0, 0.05) is 12.6 Å². The summed E-state index contributed by atoms with van der Waals surface area (Å²) in [5.41, 5.74) is 0. The molecule has 0 aromatic rings. The zero-order valence-corrected chi connectivity index (χ0v) is 11.2. The number of piperidine rings is 2. The van der Waals surface area contributed by atoms with Crippen LogP contribution in [0.2, 0.25) is 0 Å². The standard InChI is InChI=1S/C12H22N2O2.ClH/c1-13-7-4-11(5-8-13)14-6-2-3-10(9-14)12(15)16;/h10-11H,2-9H2,1H3,(H,15,16);1H/p-1. The molecular weight excluding hydrogens is 240 g/mol. The van der Waals surface area contributed by atoms with Crippen molar-refractivity contribution in [2.24, 2.45) is 5.92 Å². The van der Waals surface area contributed by atoms with Gasteiger partial charge in [0.15, 0.2) is 0 Å². The Labute approximate surface area is 109 Å². The molecular formula is C12H22ClN2O2-. The van der Waals surface area contributed by atoms with Gasteiger partial charge in [-0.05, 0) is 52.4 Å². The molecule has 0 amide bonds. The summed E-state index contributed by atoms with van der Waals surface area (Å²) in [5.74, 6) is -0.744. The van der Waals surface area contributed by atoms with Gasteiger partial charge in [0.25, 0.3) is 0 Å². The molecule has 17 heavy (non-hydrogen) atoms. The van der Waals surface area contributed by atoms with Crippen molar-refractivity contribution < 1.29 is 22.3 Å². The summed E-state index contributed by atoms with van der Waals surface area (Å²) in [7, 11) is 2.16. The van der Waals surface area contributed by atoms with E-state index in [1.807, 2.05) is 0 Å². The van der Waals surface area contributed by atoms with E-state index in [2.05, 4.69) is 16.8 Å². The van der Waals surface area contributed by atoms with E-state index >= 15 is 0 Å². The van der Waals surface area contributed by atoms with E-state index in [1.165, 1.54) is 12.8 Å². The maximum Gasteiger partial charge on any atom is 0.307 e. The van der Waals surface area contributed by atoms with Gasteiger partial charge in [-0.25, -0.2) is 0 Å². The number of carbonyl (C=O) groups is 1. The molecule has 0 spiro atoms. The van der Waals surface area contributed by atoms with E-state index in [4.69, 9.17) is 5.11 Å². The third-order valence-corrected chi connectivity index (χ3v) is 4.01. The SMILES string of the molecule is CN1CCC(N2CCCC(C(=O)O)C2)CC1.[Cl-]. The molecule has 2 aliphatic rings. The van der Waals surface area contributed by atoms with Gasteiger partial charge in [-0.1, -0.05) is 0 Å². The monoisotopic (exact) mass is 261 g/mol. The number of carboxylic acid groups (broad SMARTS) is 1. The van der Waals surface area contributed by atoms with Crippen LogP contribution < -0.4 is 12.4 Å². The zero-order valence-electron chi connectivity index (χ0n) is 10.4. The minimum atomic E-state index is -0.613. The van der Waals surface area contributed by atoms with Crippen molar-refractivity contribution in [3.63, 3.8) is 0 Å². The highest BCUT2D eigenvalue weighted by molar-refractivity contribution is 5.70. The molecule has 1 unspecified atom stereocenters. The molecule has 0 aromatic heterocycles. The molecule has 2 heterocycles. The Bertz CT molecular complexity index is 255. The molecule has 5 heteroatoms. The molecule has 2 saturated heterocycles. The van der Waals surface area contributed by atoms with Crippen LogP contribution in [-0.4, -0.2) is 60.1 Å². The van der Waals surface area contributed by atoms with Gasteiger partial charge in [0.05, 0.1) is 5.92 Å². The zero-order chi connectivity index (χ0) is 11.5. The van der Waals surface area contributed by atoms with Crippen LogP contribution in [0.5, 0.6) is 0 Å². The minimum Gasteiger partial charge on any atom is -1.00 e. The van der Waals surface area contributed by atoms with Crippen molar-refractivity contribution >= 4 is 5.97 Å². The first-order valence-corrected chi connectivity index (χ1v) is 6.32. The van der Waals surface area contributed by atoms with Crippen LogP contribution in [0.3, 0.4) is 0 Å². The van der Waals surface area contributed by atoms with Crippen molar-refractivity contribution in [3.05, 3.63) is 0 Å².